The van der Waals surface area contributed by atoms with E-state index in [4.69, 9.17) is 18.0 Å². The lowest BCUT2D eigenvalue weighted by Gasteiger charge is -2.04. The highest BCUT2D eigenvalue weighted by Gasteiger charge is 2.04. The third-order valence-electron chi connectivity index (χ3n) is 1.82. The number of benzene rings is 1. The standard InChI is InChI=1S/C11H9ClFNO/c1-2-8-3-4-9(10(13)5-8)7-14-11(15)6-12/h1,3-5H,6-7H2,(H,14,15). The van der Waals surface area contributed by atoms with E-state index in [0.29, 0.717) is 11.1 Å². The Balaban J connectivity index is 2.71. The molecule has 78 valence electrons. The predicted molar refractivity (Wildman–Crippen MR) is 56.9 cm³/mol. The van der Waals surface area contributed by atoms with Crippen LogP contribution >= 0.6 is 11.6 Å². The second-order valence-electron chi connectivity index (χ2n) is 2.86. The molecule has 0 saturated heterocycles. The molecule has 1 aromatic rings. The molecule has 0 bridgehead atoms. The molecular weight excluding hydrogens is 217 g/mol. The number of carbonyl (C=O) groups excluding carboxylic acids is 1. The van der Waals surface area contributed by atoms with Crippen LogP contribution in [0.5, 0.6) is 0 Å². The van der Waals surface area contributed by atoms with Crippen molar-refractivity contribution < 1.29 is 9.18 Å². The average molecular weight is 226 g/mol. The minimum atomic E-state index is -0.430. The molecule has 0 unspecified atom stereocenters. The quantitative estimate of drug-likeness (QED) is 0.615. The summed E-state index contributed by atoms with van der Waals surface area (Å²) in [6.07, 6.45) is 5.11. The van der Waals surface area contributed by atoms with Crippen LogP contribution in [0, 0.1) is 18.2 Å². The van der Waals surface area contributed by atoms with Gasteiger partial charge in [0.1, 0.15) is 11.7 Å². The first-order valence-electron chi connectivity index (χ1n) is 4.25. The van der Waals surface area contributed by atoms with Crippen LogP contribution in [0.25, 0.3) is 0 Å². The molecule has 4 heteroatoms. The lowest BCUT2D eigenvalue weighted by molar-refractivity contribution is -0.118. The van der Waals surface area contributed by atoms with Crippen LogP contribution in [-0.4, -0.2) is 11.8 Å². The molecule has 0 radical (unpaired) electrons. The van der Waals surface area contributed by atoms with Gasteiger partial charge in [-0.3, -0.25) is 4.79 Å². The molecule has 0 saturated carbocycles. The fourth-order valence-electron chi connectivity index (χ4n) is 1.02. The van der Waals surface area contributed by atoms with Gasteiger partial charge in [-0.25, -0.2) is 4.39 Å². The van der Waals surface area contributed by atoms with Crippen molar-refractivity contribution in [1.82, 2.24) is 5.32 Å². The van der Waals surface area contributed by atoms with Gasteiger partial charge < -0.3 is 5.32 Å². The Kier molecular flexibility index (Phi) is 4.14. The molecule has 0 fully saturated rings. The van der Waals surface area contributed by atoms with E-state index in [9.17, 15) is 9.18 Å². The second-order valence-corrected chi connectivity index (χ2v) is 3.13. The zero-order valence-corrected chi connectivity index (χ0v) is 8.64. The second kappa shape index (κ2) is 5.38. The number of alkyl halides is 1. The van der Waals surface area contributed by atoms with E-state index in [0.717, 1.165) is 0 Å². The molecular formula is C11H9ClFNO. The van der Waals surface area contributed by atoms with Gasteiger partial charge in [0, 0.05) is 17.7 Å². The molecule has 15 heavy (non-hydrogen) atoms. The topological polar surface area (TPSA) is 29.1 Å². The fraction of sp³-hybridized carbons (Fsp3) is 0.182. The van der Waals surface area contributed by atoms with Crippen LogP contribution in [0.2, 0.25) is 0 Å². The summed E-state index contributed by atoms with van der Waals surface area (Å²) in [5.74, 6) is 1.42. The van der Waals surface area contributed by atoms with Crippen LogP contribution in [-0.2, 0) is 11.3 Å². The molecule has 1 rings (SSSR count). The summed E-state index contributed by atoms with van der Waals surface area (Å²) in [5, 5.41) is 2.46. The number of nitrogens with one attached hydrogen (secondary N) is 1. The number of hydrogen-bond donors (Lipinski definition) is 1. The maximum absolute atomic E-state index is 13.3. The molecule has 0 aliphatic heterocycles. The zero-order valence-electron chi connectivity index (χ0n) is 7.89. The van der Waals surface area contributed by atoms with Gasteiger partial charge in [0.2, 0.25) is 5.91 Å². The normalized spacial score (nSPS) is 9.40. The summed E-state index contributed by atoms with van der Waals surface area (Å²) in [6.45, 7) is 0.113. The minimum Gasteiger partial charge on any atom is -0.351 e. The summed E-state index contributed by atoms with van der Waals surface area (Å²) >= 11 is 5.27. The molecule has 0 spiro atoms. The van der Waals surface area contributed by atoms with E-state index >= 15 is 0 Å². The Bertz CT molecular complexity index is 412. The summed E-state index contributed by atoms with van der Waals surface area (Å²) in [5.41, 5.74) is 0.854. The van der Waals surface area contributed by atoms with Gasteiger partial charge in [0.15, 0.2) is 0 Å². The van der Waals surface area contributed by atoms with E-state index in [1.807, 2.05) is 0 Å². The van der Waals surface area contributed by atoms with Gasteiger partial charge in [0.05, 0.1) is 0 Å². The van der Waals surface area contributed by atoms with E-state index < -0.39 is 5.82 Å². The van der Waals surface area contributed by atoms with Crippen molar-refractivity contribution in [3.63, 3.8) is 0 Å². The van der Waals surface area contributed by atoms with Crippen molar-refractivity contribution in [2.24, 2.45) is 0 Å². The van der Waals surface area contributed by atoms with Crippen molar-refractivity contribution in [1.29, 1.82) is 0 Å². The lowest BCUT2D eigenvalue weighted by Crippen LogP contribution is -2.24. The first-order chi connectivity index (χ1) is 7.17. The summed E-state index contributed by atoms with van der Waals surface area (Å²) in [4.78, 5) is 10.8. The van der Waals surface area contributed by atoms with Crippen LogP contribution in [0.1, 0.15) is 11.1 Å². The van der Waals surface area contributed by atoms with Gasteiger partial charge in [0.25, 0.3) is 0 Å². The van der Waals surface area contributed by atoms with Crippen molar-refractivity contribution in [2.75, 3.05) is 5.88 Å². The van der Waals surface area contributed by atoms with Crippen LogP contribution in [0.4, 0.5) is 4.39 Å². The molecule has 0 aliphatic rings. The summed E-state index contributed by atoms with van der Waals surface area (Å²) in [6, 6.07) is 4.41. The van der Waals surface area contributed by atoms with E-state index in [1.54, 1.807) is 12.1 Å². The van der Waals surface area contributed by atoms with Gasteiger partial charge in [-0.15, -0.1) is 18.0 Å². The molecule has 1 amide bonds. The zero-order chi connectivity index (χ0) is 11.3. The fourth-order valence-corrected chi connectivity index (χ4v) is 1.12. The number of carbonyl (C=O) groups is 1. The maximum Gasteiger partial charge on any atom is 0.235 e. The van der Waals surface area contributed by atoms with Crippen LogP contribution < -0.4 is 5.32 Å². The smallest absolute Gasteiger partial charge is 0.235 e. The number of amides is 1. The Labute approximate surface area is 92.4 Å². The molecule has 0 heterocycles. The van der Waals surface area contributed by atoms with Crippen molar-refractivity contribution in [3.8, 4) is 12.3 Å². The van der Waals surface area contributed by atoms with Crippen LogP contribution in [0.15, 0.2) is 18.2 Å². The summed E-state index contributed by atoms with van der Waals surface area (Å²) in [7, 11) is 0. The molecule has 0 aromatic heterocycles. The minimum absolute atomic E-state index is 0.113. The number of rotatable bonds is 3. The highest BCUT2D eigenvalue weighted by molar-refractivity contribution is 6.27. The highest BCUT2D eigenvalue weighted by atomic mass is 35.5. The van der Waals surface area contributed by atoms with E-state index in [1.165, 1.54) is 6.07 Å². The predicted octanol–water partition coefficient (Wildman–Crippen LogP) is 1.66. The third-order valence-corrected chi connectivity index (χ3v) is 2.06. The molecule has 0 atom stereocenters. The van der Waals surface area contributed by atoms with E-state index in [-0.39, 0.29) is 18.3 Å². The van der Waals surface area contributed by atoms with Crippen molar-refractivity contribution in [2.45, 2.75) is 6.54 Å². The Morgan fingerprint density at radius 1 is 1.60 bits per heavy atom. The number of halogens is 2. The molecule has 0 aliphatic carbocycles. The summed E-state index contributed by atoms with van der Waals surface area (Å²) < 4.78 is 13.3. The lowest BCUT2D eigenvalue weighted by atomic mass is 10.1. The number of hydrogen-bond acceptors (Lipinski definition) is 1. The molecule has 1 N–H and O–H groups in total. The number of terminal acetylenes is 1. The Morgan fingerprint density at radius 2 is 2.33 bits per heavy atom. The third kappa shape index (κ3) is 3.26. The van der Waals surface area contributed by atoms with Crippen molar-refractivity contribution >= 4 is 17.5 Å². The SMILES string of the molecule is C#Cc1ccc(CNC(=O)CCl)c(F)c1. The van der Waals surface area contributed by atoms with Gasteiger partial charge in [-0.2, -0.15) is 0 Å². The van der Waals surface area contributed by atoms with Gasteiger partial charge >= 0.3 is 0 Å². The van der Waals surface area contributed by atoms with Crippen molar-refractivity contribution in [3.05, 3.63) is 35.1 Å². The molecule has 1 aromatic carbocycles. The highest BCUT2D eigenvalue weighted by Crippen LogP contribution is 2.09. The average Bonchev–Trinajstić information content (AvgIpc) is 2.26. The van der Waals surface area contributed by atoms with Gasteiger partial charge in [-0.1, -0.05) is 12.0 Å². The van der Waals surface area contributed by atoms with Gasteiger partial charge in [-0.05, 0) is 12.1 Å². The Morgan fingerprint density at radius 3 is 2.87 bits per heavy atom. The van der Waals surface area contributed by atoms with E-state index in [2.05, 4.69) is 11.2 Å². The monoisotopic (exact) mass is 225 g/mol. The Hall–Kier alpha value is -1.53. The first-order valence-corrected chi connectivity index (χ1v) is 4.78. The molecule has 2 nitrogen and oxygen atoms in total. The first kappa shape index (κ1) is 11.5. The largest absolute Gasteiger partial charge is 0.351 e. The van der Waals surface area contributed by atoms with Crippen LogP contribution in [0.3, 0.4) is 0 Å². The maximum atomic E-state index is 13.3.